The number of ether oxygens (including phenoxy) is 1. The van der Waals surface area contributed by atoms with Crippen molar-refractivity contribution < 1.29 is 31.9 Å². The monoisotopic (exact) mass is 450 g/mol. The summed E-state index contributed by atoms with van der Waals surface area (Å²) >= 11 is 0.358. The van der Waals surface area contributed by atoms with Gasteiger partial charge in [0.05, 0.1) is 12.4 Å². The van der Waals surface area contributed by atoms with E-state index in [0.29, 0.717) is 16.4 Å². The Hall–Kier alpha value is -3.16. The van der Waals surface area contributed by atoms with Crippen LogP contribution in [-0.2, 0) is 4.74 Å². The van der Waals surface area contributed by atoms with Gasteiger partial charge in [-0.15, -0.1) is 11.8 Å². The van der Waals surface area contributed by atoms with Gasteiger partial charge in [-0.25, -0.2) is 14.0 Å². The first-order valence-corrected chi connectivity index (χ1v) is 9.13. The summed E-state index contributed by atoms with van der Waals surface area (Å²) in [4.78, 5) is 49.0. The first kappa shape index (κ1) is 23.1. The topological polar surface area (TPSA) is 123 Å². The van der Waals surface area contributed by atoms with E-state index in [4.69, 9.17) is 0 Å². The Morgan fingerprint density at radius 3 is 2.57 bits per heavy atom. The van der Waals surface area contributed by atoms with Crippen LogP contribution in [0.4, 0.5) is 22.4 Å². The number of benzene rings is 1. The zero-order chi connectivity index (χ0) is 22.6. The molecule has 162 valence electrons. The second-order valence-electron chi connectivity index (χ2n) is 5.67. The van der Waals surface area contributed by atoms with Crippen LogP contribution in [-0.4, -0.2) is 45.3 Å². The maximum Gasteiger partial charge on any atom is 0.414 e. The molecule has 2 aromatic rings. The maximum atomic E-state index is 14.4. The van der Waals surface area contributed by atoms with Gasteiger partial charge in [0.25, 0.3) is 11.5 Å². The van der Waals surface area contributed by atoms with E-state index in [-0.39, 0.29) is 17.1 Å². The molecule has 0 bridgehead atoms. The van der Waals surface area contributed by atoms with Gasteiger partial charge in [-0.05, 0) is 31.5 Å². The van der Waals surface area contributed by atoms with Gasteiger partial charge in [0.2, 0.25) is 5.69 Å². The number of hydrogen-bond donors (Lipinski definition) is 2. The number of rotatable bonds is 5. The lowest BCUT2D eigenvalue weighted by atomic mass is 10.2. The second-order valence-corrected chi connectivity index (χ2v) is 6.68. The van der Waals surface area contributed by atoms with E-state index >= 15 is 0 Å². The lowest BCUT2D eigenvalue weighted by molar-refractivity contribution is -0.105. The number of hydrogen-bond acceptors (Lipinski definition) is 7. The SMILES string of the molecule is CCOC(=O)NC(=O)c1nn(-c2cc(SCC(F)(F)F)c(C)cc2F)c(=O)[nH]c1=O. The molecule has 1 aromatic heterocycles. The molecule has 1 heterocycles. The molecule has 0 saturated heterocycles. The summed E-state index contributed by atoms with van der Waals surface area (Å²) < 4.78 is 56.7. The fourth-order valence-electron chi connectivity index (χ4n) is 2.15. The third kappa shape index (κ3) is 5.68. The molecule has 0 radical (unpaired) electrons. The molecule has 0 aliphatic carbocycles. The van der Waals surface area contributed by atoms with Gasteiger partial charge in [0.15, 0.2) is 0 Å². The molecule has 0 fully saturated rings. The van der Waals surface area contributed by atoms with E-state index < -0.39 is 52.4 Å². The predicted octanol–water partition coefficient (Wildman–Crippen LogP) is 1.91. The van der Waals surface area contributed by atoms with Crippen LogP contribution < -0.4 is 16.6 Å². The average molecular weight is 450 g/mol. The van der Waals surface area contributed by atoms with E-state index in [1.54, 1.807) is 10.3 Å². The molecular formula is C16H14F4N4O5S. The van der Waals surface area contributed by atoms with Gasteiger partial charge >= 0.3 is 18.0 Å². The lowest BCUT2D eigenvalue weighted by Gasteiger charge is -2.12. The summed E-state index contributed by atoms with van der Waals surface area (Å²) in [5.74, 6) is -3.63. The fraction of sp³-hybridized carbons (Fsp3) is 0.312. The van der Waals surface area contributed by atoms with Gasteiger partial charge in [-0.2, -0.15) is 23.0 Å². The van der Waals surface area contributed by atoms with E-state index in [1.807, 2.05) is 0 Å². The van der Waals surface area contributed by atoms with Gasteiger partial charge < -0.3 is 4.74 Å². The number of aromatic nitrogens is 3. The standard InChI is InChI=1S/C16H14F4N4O5S/c1-3-29-15(28)22-13(26)11-12(25)21-14(27)24(23-11)9-5-10(7(2)4-8(9)17)30-6-16(18,19)20/h4-5H,3,6H2,1-2H3,(H,21,25,27)(H,22,26,28). The van der Waals surface area contributed by atoms with Gasteiger partial charge in [0, 0.05) is 4.90 Å². The third-order valence-corrected chi connectivity index (χ3v) is 4.62. The number of halogens is 4. The largest absolute Gasteiger partial charge is 0.450 e. The van der Waals surface area contributed by atoms with Crippen molar-refractivity contribution in [2.24, 2.45) is 0 Å². The molecule has 2 N–H and O–H groups in total. The lowest BCUT2D eigenvalue weighted by Crippen LogP contribution is -2.41. The minimum atomic E-state index is -4.49. The summed E-state index contributed by atoms with van der Waals surface area (Å²) in [6.45, 7) is 2.76. The number of amides is 2. The summed E-state index contributed by atoms with van der Waals surface area (Å²) in [5, 5.41) is 5.15. The Kier molecular flexibility index (Phi) is 7.02. The van der Waals surface area contributed by atoms with Gasteiger partial charge in [0.1, 0.15) is 11.5 Å². The molecule has 30 heavy (non-hydrogen) atoms. The van der Waals surface area contributed by atoms with Crippen LogP contribution in [0.15, 0.2) is 26.6 Å². The van der Waals surface area contributed by atoms with Crippen LogP contribution >= 0.6 is 11.8 Å². The van der Waals surface area contributed by atoms with Gasteiger partial charge in [-0.1, -0.05) is 0 Å². The van der Waals surface area contributed by atoms with E-state index in [0.717, 1.165) is 12.1 Å². The van der Waals surface area contributed by atoms with Crippen molar-refractivity contribution >= 4 is 23.8 Å². The molecule has 2 amide bonds. The predicted molar refractivity (Wildman–Crippen MR) is 96.4 cm³/mol. The average Bonchev–Trinajstić information content (AvgIpc) is 2.61. The maximum absolute atomic E-state index is 14.4. The van der Waals surface area contributed by atoms with Crippen molar-refractivity contribution in [1.29, 1.82) is 0 Å². The highest BCUT2D eigenvalue weighted by molar-refractivity contribution is 7.99. The molecule has 0 unspecified atom stereocenters. The van der Waals surface area contributed by atoms with Crippen LogP contribution in [0.1, 0.15) is 23.0 Å². The fourth-order valence-corrected chi connectivity index (χ4v) is 2.95. The first-order valence-electron chi connectivity index (χ1n) is 8.14. The van der Waals surface area contributed by atoms with E-state index in [1.165, 1.54) is 13.8 Å². The number of H-pyrrole nitrogens is 1. The zero-order valence-electron chi connectivity index (χ0n) is 15.4. The third-order valence-electron chi connectivity index (χ3n) is 3.40. The number of aromatic amines is 1. The number of aryl methyl sites for hydroxylation is 1. The van der Waals surface area contributed by atoms with Gasteiger partial charge in [-0.3, -0.25) is 19.9 Å². The Balaban J connectivity index is 2.51. The molecule has 0 atom stereocenters. The Bertz CT molecular complexity index is 1100. The van der Waals surface area contributed by atoms with Crippen molar-refractivity contribution in [2.75, 3.05) is 12.4 Å². The van der Waals surface area contributed by atoms with E-state index in [9.17, 15) is 36.7 Å². The van der Waals surface area contributed by atoms with Crippen LogP contribution in [0.5, 0.6) is 0 Å². The van der Waals surface area contributed by atoms with Crippen molar-refractivity contribution in [1.82, 2.24) is 20.1 Å². The number of nitrogens with one attached hydrogen (secondary N) is 2. The molecule has 1 aromatic carbocycles. The Morgan fingerprint density at radius 2 is 1.97 bits per heavy atom. The molecule has 0 aliphatic rings. The minimum Gasteiger partial charge on any atom is -0.450 e. The highest BCUT2D eigenvalue weighted by atomic mass is 32.2. The van der Waals surface area contributed by atoms with E-state index in [2.05, 4.69) is 9.84 Å². The van der Waals surface area contributed by atoms with Crippen molar-refractivity contribution in [3.63, 3.8) is 0 Å². The van der Waals surface area contributed by atoms with Crippen molar-refractivity contribution in [3.8, 4) is 5.69 Å². The molecule has 9 nitrogen and oxygen atoms in total. The summed E-state index contributed by atoms with van der Waals surface area (Å²) in [6, 6.07) is 1.81. The van der Waals surface area contributed by atoms with Crippen molar-refractivity contribution in [3.05, 3.63) is 50.0 Å². The van der Waals surface area contributed by atoms with Crippen LogP contribution in [0.25, 0.3) is 5.69 Å². The second kappa shape index (κ2) is 9.11. The van der Waals surface area contributed by atoms with Crippen LogP contribution in [0.2, 0.25) is 0 Å². The molecular weight excluding hydrogens is 436 g/mol. The number of imide groups is 1. The van der Waals surface area contributed by atoms with Crippen LogP contribution in [0.3, 0.4) is 0 Å². The number of carbonyl (C=O) groups is 2. The highest BCUT2D eigenvalue weighted by Gasteiger charge is 2.28. The number of carbonyl (C=O) groups excluding carboxylic acids is 2. The molecule has 0 spiro atoms. The molecule has 0 aliphatic heterocycles. The quantitative estimate of drug-likeness (QED) is 0.527. The first-order chi connectivity index (χ1) is 13.9. The Morgan fingerprint density at radius 1 is 1.30 bits per heavy atom. The number of thioether (sulfide) groups is 1. The highest BCUT2D eigenvalue weighted by Crippen LogP contribution is 2.31. The summed E-state index contributed by atoms with van der Waals surface area (Å²) in [5.41, 5.74) is -3.91. The van der Waals surface area contributed by atoms with Crippen LogP contribution in [0, 0.1) is 12.7 Å². The number of alkyl carbamates (subject to hydrolysis) is 1. The normalized spacial score (nSPS) is 11.3. The number of nitrogens with zero attached hydrogens (tertiary/aromatic N) is 2. The smallest absolute Gasteiger partial charge is 0.414 e. The molecule has 2 rings (SSSR count). The molecule has 0 saturated carbocycles. The zero-order valence-corrected chi connectivity index (χ0v) is 16.2. The molecule has 14 heteroatoms. The summed E-state index contributed by atoms with van der Waals surface area (Å²) in [6.07, 6.45) is -5.68. The number of alkyl halides is 3. The Labute approximate surface area is 169 Å². The summed E-state index contributed by atoms with van der Waals surface area (Å²) in [7, 11) is 0. The van der Waals surface area contributed by atoms with Crippen molar-refractivity contribution in [2.45, 2.75) is 24.9 Å². The minimum absolute atomic E-state index is 0.00106.